The molecule has 1 heterocycles. The second-order valence-corrected chi connectivity index (χ2v) is 10.9. The highest BCUT2D eigenvalue weighted by molar-refractivity contribution is 5.74. The van der Waals surface area contributed by atoms with Gasteiger partial charge in [-0.1, -0.05) is 31.4 Å². The van der Waals surface area contributed by atoms with Crippen molar-refractivity contribution >= 4 is 6.03 Å². The van der Waals surface area contributed by atoms with Crippen LogP contribution in [0.2, 0.25) is 0 Å². The van der Waals surface area contributed by atoms with Crippen LogP contribution in [0.5, 0.6) is 0 Å². The minimum absolute atomic E-state index is 0.166. The number of rotatable bonds is 12. The number of nitrogens with zero attached hydrogens (tertiary/aromatic N) is 1. The maximum absolute atomic E-state index is 14.1. The van der Waals surface area contributed by atoms with Gasteiger partial charge in [-0.25, -0.2) is 9.18 Å². The second kappa shape index (κ2) is 13.7. The predicted octanol–water partition coefficient (Wildman–Crippen LogP) is 3.92. The Balaban J connectivity index is 1.70. The molecule has 204 valence electrons. The highest BCUT2D eigenvalue weighted by Gasteiger charge is 2.42. The van der Waals surface area contributed by atoms with Gasteiger partial charge in [0.2, 0.25) is 0 Å². The molecule has 3 atom stereocenters. The smallest absolute Gasteiger partial charge is 0.317 e. The van der Waals surface area contributed by atoms with Crippen molar-refractivity contribution in [3.8, 4) is 0 Å². The summed E-state index contributed by atoms with van der Waals surface area (Å²) in [7, 11) is 3.51. The average molecular weight is 508 g/mol. The van der Waals surface area contributed by atoms with Crippen LogP contribution in [0, 0.1) is 11.7 Å². The number of hydrogen-bond donors (Lipinski definition) is 4. The van der Waals surface area contributed by atoms with E-state index in [1.54, 1.807) is 24.1 Å². The third-order valence-corrected chi connectivity index (χ3v) is 8.05. The number of likely N-dealkylation sites (N-methyl/N-ethyl adjacent to an activating group) is 1. The standard InChI is InChI=1S/C28H46FN3O4/c1-30-20-25(19-27(34)13-4-3-5-14-27)31-26(33)32-16-9-11-23(21-32)28(35,15-6-7-17-36-2)22-10-8-12-24(29)18-22/h8,10,12,18,23,25,30,34-35H,3-7,9,11,13-17,19-21H2,1-2H3,(H,31,33)/t23-,25?,28-/m1/s1. The lowest BCUT2D eigenvalue weighted by Crippen LogP contribution is -2.55. The van der Waals surface area contributed by atoms with E-state index in [4.69, 9.17) is 4.74 Å². The molecule has 0 aromatic heterocycles. The van der Waals surface area contributed by atoms with Crippen molar-refractivity contribution in [2.24, 2.45) is 5.92 Å². The van der Waals surface area contributed by atoms with Crippen molar-refractivity contribution in [3.05, 3.63) is 35.6 Å². The molecule has 0 radical (unpaired) electrons. The number of halogens is 1. The van der Waals surface area contributed by atoms with Crippen LogP contribution in [0.1, 0.15) is 76.2 Å². The van der Waals surface area contributed by atoms with Gasteiger partial charge in [0, 0.05) is 45.3 Å². The molecular weight excluding hydrogens is 461 g/mol. The Bertz CT molecular complexity index is 820. The monoisotopic (exact) mass is 507 g/mol. The van der Waals surface area contributed by atoms with E-state index in [2.05, 4.69) is 10.6 Å². The zero-order valence-corrected chi connectivity index (χ0v) is 22.1. The molecule has 1 saturated carbocycles. The van der Waals surface area contributed by atoms with Gasteiger partial charge in [-0.3, -0.25) is 0 Å². The largest absolute Gasteiger partial charge is 0.390 e. The van der Waals surface area contributed by atoms with Crippen molar-refractivity contribution in [3.63, 3.8) is 0 Å². The summed E-state index contributed by atoms with van der Waals surface area (Å²) in [6.45, 7) is 2.21. The number of benzene rings is 1. The molecule has 3 rings (SSSR count). The van der Waals surface area contributed by atoms with Gasteiger partial charge in [0.1, 0.15) is 5.82 Å². The number of unbranched alkanes of at least 4 members (excludes halogenated alkanes) is 1. The fraction of sp³-hybridized carbons (Fsp3) is 0.750. The average Bonchev–Trinajstić information content (AvgIpc) is 2.87. The number of piperidine rings is 1. The van der Waals surface area contributed by atoms with Gasteiger partial charge in [-0.05, 0) is 76.1 Å². The summed E-state index contributed by atoms with van der Waals surface area (Å²) in [4.78, 5) is 15.1. The van der Waals surface area contributed by atoms with E-state index in [1.165, 1.54) is 12.1 Å². The summed E-state index contributed by atoms with van der Waals surface area (Å²) in [5.74, 6) is -0.574. The van der Waals surface area contributed by atoms with E-state index in [0.29, 0.717) is 44.6 Å². The third kappa shape index (κ3) is 7.88. The lowest BCUT2D eigenvalue weighted by Gasteiger charge is -2.43. The molecule has 2 amide bonds. The summed E-state index contributed by atoms with van der Waals surface area (Å²) in [5, 5.41) is 29.3. The van der Waals surface area contributed by atoms with E-state index in [0.717, 1.165) is 57.8 Å². The molecule has 7 nitrogen and oxygen atoms in total. The highest BCUT2D eigenvalue weighted by Crippen LogP contribution is 2.40. The first-order valence-electron chi connectivity index (χ1n) is 13.7. The van der Waals surface area contributed by atoms with Crippen molar-refractivity contribution in [2.45, 2.75) is 87.9 Å². The molecule has 2 fully saturated rings. The summed E-state index contributed by atoms with van der Waals surface area (Å²) in [6.07, 6.45) is 8.85. The topological polar surface area (TPSA) is 94.1 Å². The number of ether oxygens (including phenoxy) is 1. The van der Waals surface area contributed by atoms with Gasteiger partial charge < -0.3 is 30.5 Å². The molecular formula is C28H46FN3O4. The molecule has 8 heteroatoms. The van der Waals surface area contributed by atoms with Crippen LogP contribution < -0.4 is 10.6 Å². The Morgan fingerprint density at radius 3 is 2.75 bits per heavy atom. The first-order valence-corrected chi connectivity index (χ1v) is 13.7. The molecule has 4 N–H and O–H groups in total. The molecule has 2 aliphatic rings. The van der Waals surface area contributed by atoms with Crippen LogP contribution in [-0.4, -0.2) is 73.2 Å². The van der Waals surface area contributed by atoms with Crippen molar-refractivity contribution in [1.82, 2.24) is 15.5 Å². The van der Waals surface area contributed by atoms with Crippen molar-refractivity contribution < 1.29 is 24.1 Å². The molecule has 1 aliphatic carbocycles. The first-order chi connectivity index (χ1) is 17.3. The molecule has 1 aromatic carbocycles. The number of carbonyl (C=O) groups excluding carboxylic acids is 1. The number of carbonyl (C=O) groups is 1. The van der Waals surface area contributed by atoms with Gasteiger partial charge >= 0.3 is 6.03 Å². The minimum Gasteiger partial charge on any atom is -0.390 e. The zero-order chi connectivity index (χ0) is 26.0. The second-order valence-electron chi connectivity index (χ2n) is 10.9. The zero-order valence-electron chi connectivity index (χ0n) is 22.1. The fourth-order valence-corrected chi connectivity index (χ4v) is 6.09. The Labute approximate surface area is 215 Å². The number of likely N-dealkylation sites (tertiary alicyclic amines) is 1. The van der Waals surface area contributed by atoms with Crippen LogP contribution in [0.3, 0.4) is 0 Å². The number of urea groups is 1. The molecule has 1 aliphatic heterocycles. The van der Waals surface area contributed by atoms with Crippen molar-refractivity contribution in [2.75, 3.05) is 40.4 Å². The van der Waals surface area contributed by atoms with Crippen LogP contribution in [0.4, 0.5) is 9.18 Å². The molecule has 1 unspecified atom stereocenters. The Morgan fingerprint density at radius 1 is 1.28 bits per heavy atom. The van der Waals surface area contributed by atoms with E-state index in [1.807, 2.05) is 7.05 Å². The van der Waals surface area contributed by atoms with E-state index in [-0.39, 0.29) is 23.8 Å². The lowest BCUT2D eigenvalue weighted by atomic mass is 9.74. The molecule has 1 saturated heterocycles. The van der Waals surface area contributed by atoms with E-state index in [9.17, 15) is 19.4 Å². The van der Waals surface area contributed by atoms with Crippen LogP contribution in [-0.2, 0) is 10.3 Å². The summed E-state index contributed by atoms with van der Waals surface area (Å²) < 4.78 is 19.3. The molecule has 36 heavy (non-hydrogen) atoms. The van der Waals surface area contributed by atoms with E-state index >= 15 is 0 Å². The maximum Gasteiger partial charge on any atom is 0.317 e. The lowest BCUT2D eigenvalue weighted by molar-refractivity contribution is -0.0567. The SMILES string of the molecule is CNCC(CC1(O)CCCCC1)NC(=O)N1CCC[C@@H]([C@@](O)(CCCCOC)c2cccc(F)c2)C1. The van der Waals surface area contributed by atoms with Crippen molar-refractivity contribution in [1.29, 1.82) is 0 Å². The summed E-state index contributed by atoms with van der Waals surface area (Å²) >= 11 is 0. The summed E-state index contributed by atoms with van der Waals surface area (Å²) in [6, 6.07) is 5.88. The molecule has 0 spiro atoms. The van der Waals surface area contributed by atoms with Crippen LogP contribution in [0.15, 0.2) is 24.3 Å². The fourth-order valence-electron chi connectivity index (χ4n) is 6.09. The van der Waals surface area contributed by atoms with Crippen LogP contribution >= 0.6 is 0 Å². The Kier molecular flexibility index (Phi) is 11.0. The number of aliphatic hydroxyl groups is 2. The summed E-state index contributed by atoms with van der Waals surface area (Å²) in [5.41, 5.74) is -1.38. The Morgan fingerprint density at radius 2 is 2.06 bits per heavy atom. The molecule has 0 bridgehead atoms. The number of hydrogen-bond acceptors (Lipinski definition) is 5. The minimum atomic E-state index is -1.23. The van der Waals surface area contributed by atoms with Gasteiger partial charge in [0.15, 0.2) is 0 Å². The van der Waals surface area contributed by atoms with Gasteiger partial charge in [-0.2, -0.15) is 0 Å². The van der Waals surface area contributed by atoms with Gasteiger partial charge in [0.25, 0.3) is 0 Å². The number of methoxy groups -OCH3 is 1. The normalized spacial score (nSPS) is 22.6. The third-order valence-electron chi connectivity index (χ3n) is 8.05. The predicted molar refractivity (Wildman–Crippen MR) is 139 cm³/mol. The van der Waals surface area contributed by atoms with Gasteiger partial charge in [-0.15, -0.1) is 0 Å². The van der Waals surface area contributed by atoms with Crippen LogP contribution in [0.25, 0.3) is 0 Å². The van der Waals surface area contributed by atoms with E-state index < -0.39 is 11.2 Å². The maximum atomic E-state index is 14.1. The van der Waals surface area contributed by atoms with Gasteiger partial charge in [0.05, 0.1) is 11.2 Å². The highest BCUT2D eigenvalue weighted by atomic mass is 19.1. The quantitative estimate of drug-likeness (QED) is 0.322. The number of amides is 2. The Hall–Kier alpha value is -1.74. The number of nitrogens with one attached hydrogen (secondary N) is 2. The molecule has 1 aromatic rings. The first kappa shape index (κ1) is 28.8.